The number of aliphatic hydroxyl groups excluding tert-OH is 6. The van der Waals surface area contributed by atoms with Gasteiger partial charge in [-0.05, 0) is 0 Å². The molecule has 0 radical (unpaired) electrons. The van der Waals surface area contributed by atoms with Crippen molar-refractivity contribution in [1.82, 2.24) is 0 Å². The highest BCUT2D eigenvalue weighted by Gasteiger charge is 2.48. The largest absolute Gasteiger partial charge is 0.388 e. The van der Waals surface area contributed by atoms with Crippen LogP contribution in [-0.4, -0.2) is 97.1 Å². The lowest BCUT2D eigenvalue weighted by molar-refractivity contribution is -0.364. The van der Waals surface area contributed by atoms with Gasteiger partial charge in [-0.2, -0.15) is 12.6 Å². The van der Waals surface area contributed by atoms with Gasteiger partial charge in [-0.25, -0.2) is 0 Å². The van der Waals surface area contributed by atoms with Gasteiger partial charge in [-0.1, -0.05) is 0 Å². The lowest BCUT2D eigenvalue weighted by Crippen LogP contribution is -2.62. The summed E-state index contributed by atoms with van der Waals surface area (Å²) in [6.45, 7) is 0. The zero-order valence-corrected chi connectivity index (χ0v) is 13.1. The Morgan fingerprint density at radius 2 is 1.23 bits per heavy atom. The van der Waals surface area contributed by atoms with Crippen molar-refractivity contribution in [2.75, 3.05) is 5.75 Å². The molecular weight excluding hydrogens is 340 g/mol. The van der Waals surface area contributed by atoms with Crippen LogP contribution in [0.15, 0.2) is 0 Å². The van der Waals surface area contributed by atoms with Crippen molar-refractivity contribution in [2.45, 2.75) is 60.7 Å². The summed E-state index contributed by atoms with van der Waals surface area (Å²) in [5.74, 6) is 0.0510. The summed E-state index contributed by atoms with van der Waals surface area (Å²) in [6.07, 6.45) is -12.9. The van der Waals surface area contributed by atoms with Crippen molar-refractivity contribution >= 4 is 25.3 Å². The highest BCUT2D eigenvalue weighted by Crippen LogP contribution is 2.29. The van der Waals surface area contributed by atoms with Crippen LogP contribution < -0.4 is 0 Å². The second kappa shape index (κ2) is 7.49. The zero-order chi connectivity index (χ0) is 16.6. The third-order valence-corrected chi connectivity index (χ3v) is 4.45. The van der Waals surface area contributed by atoms with E-state index >= 15 is 0 Å². The quantitative estimate of drug-likeness (QED) is 0.239. The molecule has 22 heavy (non-hydrogen) atoms. The molecular formula is C11H20O9S2. The van der Waals surface area contributed by atoms with Gasteiger partial charge in [0.15, 0.2) is 12.6 Å². The fraction of sp³-hybridized carbons (Fsp3) is 1.00. The van der Waals surface area contributed by atoms with E-state index in [0.717, 1.165) is 0 Å². The van der Waals surface area contributed by atoms with Crippen molar-refractivity contribution in [1.29, 1.82) is 0 Å². The monoisotopic (exact) mass is 360 g/mol. The average Bonchev–Trinajstić information content (AvgIpc) is 2.50. The van der Waals surface area contributed by atoms with Gasteiger partial charge in [-0.3, -0.25) is 0 Å². The smallest absolute Gasteiger partial charge is 0.190 e. The summed E-state index contributed by atoms with van der Waals surface area (Å²) in [5.41, 5.74) is -1.12. The first-order valence-corrected chi connectivity index (χ1v) is 7.76. The van der Waals surface area contributed by atoms with Crippen LogP contribution in [0.5, 0.6) is 0 Å². The molecule has 0 aliphatic carbocycles. The molecule has 0 amide bonds. The van der Waals surface area contributed by atoms with Gasteiger partial charge in [-0.15, -0.1) is 12.6 Å². The summed E-state index contributed by atoms with van der Waals surface area (Å²) in [5, 5.41) is 58.3. The minimum atomic E-state index is -1.62. The Bertz CT molecular complexity index is 373. The molecule has 0 saturated carbocycles. The molecule has 2 saturated heterocycles. The molecule has 6 N–H and O–H groups in total. The van der Waals surface area contributed by atoms with E-state index in [4.69, 9.17) is 14.2 Å². The number of hydrogen-bond donors (Lipinski definition) is 8. The van der Waals surface area contributed by atoms with Gasteiger partial charge in [0.05, 0.1) is 6.10 Å². The van der Waals surface area contributed by atoms with Gasteiger partial charge in [0.25, 0.3) is 0 Å². The Kier molecular flexibility index (Phi) is 6.36. The van der Waals surface area contributed by atoms with Gasteiger partial charge in [0.1, 0.15) is 42.1 Å². The van der Waals surface area contributed by atoms with Gasteiger partial charge in [0, 0.05) is 5.75 Å². The van der Waals surface area contributed by atoms with E-state index < -0.39 is 60.7 Å². The Balaban J connectivity index is 2.05. The molecule has 2 aliphatic heterocycles. The van der Waals surface area contributed by atoms with Crippen molar-refractivity contribution in [3.8, 4) is 0 Å². The highest BCUT2D eigenvalue weighted by atomic mass is 32.1. The average molecular weight is 360 g/mol. The molecule has 130 valence electrons. The van der Waals surface area contributed by atoms with Crippen LogP contribution in [0.2, 0.25) is 0 Å². The fourth-order valence-corrected chi connectivity index (χ4v) is 2.85. The molecule has 10 atom stereocenters. The number of rotatable bonds is 3. The molecule has 0 aromatic heterocycles. The van der Waals surface area contributed by atoms with Crippen LogP contribution in [0.25, 0.3) is 0 Å². The third kappa shape index (κ3) is 3.54. The Morgan fingerprint density at radius 1 is 0.727 bits per heavy atom. The summed E-state index contributed by atoms with van der Waals surface area (Å²) >= 11 is 7.85. The molecule has 2 fully saturated rings. The number of thiol groups is 2. The molecule has 9 nitrogen and oxygen atoms in total. The van der Waals surface area contributed by atoms with E-state index in [1.807, 2.05) is 0 Å². The molecule has 0 aromatic rings. The normalized spacial score (nSPS) is 53.5. The van der Waals surface area contributed by atoms with E-state index in [-0.39, 0.29) is 5.75 Å². The predicted molar refractivity (Wildman–Crippen MR) is 77.3 cm³/mol. The first-order valence-electron chi connectivity index (χ1n) is 6.61. The van der Waals surface area contributed by atoms with Crippen molar-refractivity contribution in [2.24, 2.45) is 0 Å². The summed E-state index contributed by atoms with van der Waals surface area (Å²) in [6, 6.07) is 0. The number of ether oxygens (including phenoxy) is 3. The van der Waals surface area contributed by atoms with Crippen LogP contribution in [0, 0.1) is 0 Å². The third-order valence-electron chi connectivity index (χ3n) is 3.66. The lowest BCUT2D eigenvalue weighted by atomic mass is 9.99. The van der Waals surface area contributed by atoms with Crippen molar-refractivity contribution in [3.63, 3.8) is 0 Å². The van der Waals surface area contributed by atoms with Gasteiger partial charge < -0.3 is 44.8 Å². The Hall–Kier alpha value is 0.340. The topological polar surface area (TPSA) is 149 Å². The molecule has 0 bridgehead atoms. The standard InChI is InChI=1S/C11H20O9S2/c12-3-2(1-21)18-9(6(15)4(3)13)19-10-7(16)5(14)8(17)11(22)20-10/h2-17,21-22H,1H2. The molecule has 10 unspecified atom stereocenters. The van der Waals surface area contributed by atoms with E-state index in [0.29, 0.717) is 0 Å². The maximum absolute atomic E-state index is 9.87. The maximum atomic E-state index is 9.87. The second-order valence-corrected chi connectivity index (χ2v) is 6.07. The van der Waals surface area contributed by atoms with Crippen LogP contribution in [0.4, 0.5) is 0 Å². The molecule has 2 heterocycles. The first kappa shape index (κ1) is 18.7. The lowest BCUT2D eigenvalue weighted by Gasteiger charge is -2.44. The van der Waals surface area contributed by atoms with E-state index in [2.05, 4.69) is 25.3 Å². The zero-order valence-electron chi connectivity index (χ0n) is 11.3. The first-order chi connectivity index (χ1) is 10.3. The van der Waals surface area contributed by atoms with E-state index in [9.17, 15) is 30.6 Å². The van der Waals surface area contributed by atoms with Crippen LogP contribution >= 0.6 is 25.3 Å². The molecule has 2 aliphatic rings. The summed E-state index contributed by atoms with van der Waals surface area (Å²) in [4.78, 5) is 0. The van der Waals surface area contributed by atoms with Crippen LogP contribution in [0.1, 0.15) is 0 Å². The SMILES string of the molecule is OC1C(S)OC(OC2OC(CS)C(O)C(O)C2O)C(O)C1O. The van der Waals surface area contributed by atoms with Gasteiger partial charge in [0.2, 0.25) is 0 Å². The number of hydrogen-bond acceptors (Lipinski definition) is 11. The minimum Gasteiger partial charge on any atom is -0.388 e. The molecule has 0 aromatic carbocycles. The predicted octanol–water partition coefficient (Wildman–Crippen LogP) is -3.56. The molecule has 2 rings (SSSR count). The van der Waals surface area contributed by atoms with Crippen LogP contribution in [-0.2, 0) is 14.2 Å². The van der Waals surface area contributed by atoms with E-state index in [1.54, 1.807) is 0 Å². The Morgan fingerprint density at radius 3 is 1.77 bits per heavy atom. The maximum Gasteiger partial charge on any atom is 0.190 e. The van der Waals surface area contributed by atoms with Crippen molar-refractivity contribution in [3.05, 3.63) is 0 Å². The van der Waals surface area contributed by atoms with Gasteiger partial charge >= 0.3 is 0 Å². The summed E-state index contributed by atoms with van der Waals surface area (Å²) < 4.78 is 15.6. The minimum absolute atomic E-state index is 0.0510. The fourth-order valence-electron chi connectivity index (χ4n) is 2.25. The van der Waals surface area contributed by atoms with Crippen molar-refractivity contribution < 1.29 is 44.8 Å². The Labute approximate surface area is 137 Å². The highest BCUT2D eigenvalue weighted by molar-refractivity contribution is 7.80. The second-order valence-electron chi connectivity index (χ2n) is 5.20. The number of aliphatic hydroxyl groups is 6. The summed E-state index contributed by atoms with van der Waals surface area (Å²) in [7, 11) is 0. The molecule has 11 heteroatoms. The van der Waals surface area contributed by atoms with E-state index in [1.165, 1.54) is 0 Å². The van der Waals surface area contributed by atoms with Crippen LogP contribution in [0.3, 0.4) is 0 Å². The molecule has 0 spiro atoms.